The average molecular weight is 478 g/mol. The fourth-order valence-corrected chi connectivity index (χ4v) is 2.34. The third kappa shape index (κ3) is 5.34. The van der Waals surface area contributed by atoms with Gasteiger partial charge in [-0.3, -0.25) is 0 Å². The fourth-order valence-electron chi connectivity index (χ4n) is 1.88. The number of ether oxygens (including phenoxy) is 3. The first-order chi connectivity index (χ1) is 12.9. The van der Waals surface area contributed by atoms with Crippen LogP contribution in [0.5, 0.6) is 5.75 Å². The molecule has 0 aliphatic heterocycles. The van der Waals surface area contributed by atoms with Crippen LogP contribution in [-0.2, 0) is 9.47 Å². The molecule has 0 amide bonds. The number of alkyl halides is 6. The van der Waals surface area contributed by atoms with Crippen molar-refractivity contribution >= 4 is 21.9 Å². The van der Waals surface area contributed by atoms with Gasteiger partial charge in [-0.1, -0.05) is 0 Å². The van der Waals surface area contributed by atoms with E-state index in [0.29, 0.717) is 0 Å². The quantitative estimate of drug-likeness (QED) is 0.474. The van der Waals surface area contributed by atoms with E-state index in [2.05, 4.69) is 40.8 Å². The average Bonchev–Trinajstić information content (AvgIpc) is 3.05. The molecule has 0 bridgehead atoms. The lowest BCUT2D eigenvalue weighted by Gasteiger charge is -2.22. The van der Waals surface area contributed by atoms with Gasteiger partial charge in [0.15, 0.2) is 5.69 Å². The van der Waals surface area contributed by atoms with Crippen molar-refractivity contribution in [2.75, 3.05) is 6.61 Å². The van der Waals surface area contributed by atoms with E-state index >= 15 is 0 Å². The zero-order valence-corrected chi connectivity index (χ0v) is 15.3. The number of aromatic amines is 1. The highest BCUT2D eigenvalue weighted by molar-refractivity contribution is 9.10. The van der Waals surface area contributed by atoms with E-state index in [0.717, 1.165) is 18.2 Å². The number of aromatic nitrogens is 3. The van der Waals surface area contributed by atoms with Crippen molar-refractivity contribution in [3.63, 3.8) is 0 Å². The lowest BCUT2D eigenvalue weighted by Crippen LogP contribution is -2.41. The highest BCUT2D eigenvalue weighted by Crippen LogP contribution is 2.37. The van der Waals surface area contributed by atoms with Crippen LogP contribution >= 0.6 is 15.9 Å². The number of carbonyl (C=O) groups excluding carboxylic acids is 1. The van der Waals surface area contributed by atoms with Crippen LogP contribution in [0.15, 0.2) is 22.7 Å². The summed E-state index contributed by atoms with van der Waals surface area (Å²) in [5.74, 6) is -1.48. The molecule has 1 heterocycles. The van der Waals surface area contributed by atoms with Gasteiger partial charge in [0, 0.05) is 5.56 Å². The Bertz CT molecular complexity index is 845. The van der Waals surface area contributed by atoms with E-state index in [1.807, 2.05) is 0 Å². The Labute approximate surface area is 161 Å². The van der Waals surface area contributed by atoms with Gasteiger partial charge in [-0.15, -0.1) is 18.3 Å². The van der Waals surface area contributed by atoms with Crippen LogP contribution < -0.4 is 4.74 Å². The molecule has 2 rings (SSSR count). The highest BCUT2D eigenvalue weighted by atomic mass is 79.9. The van der Waals surface area contributed by atoms with E-state index in [1.54, 1.807) is 6.92 Å². The van der Waals surface area contributed by atoms with Crippen molar-refractivity contribution in [1.29, 1.82) is 0 Å². The summed E-state index contributed by atoms with van der Waals surface area (Å²) in [7, 11) is 0. The number of hydrogen-bond acceptors (Lipinski definition) is 6. The van der Waals surface area contributed by atoms with Crippen molar-refractivity contribution in [3.05, 3.63) is 28.4 Å². The molecule has 1 aromatic carbocycles. The number of hydrogen-bond donors (Lipinski definition) is 1. The fraction of sp³-hybridized carbons (Fsp3) is 0.357. The van der Waals surface area contributed by atoms with E-state index < -0.39 is 30.5 Å². The van der Waals surface area contributed by atoms with Gasteiger partial charge in [0.05, 0.1) is 11.1 Å². The van der Waals surface area contributed by atoms with Crippen molar-refractivity contribution in [2.24, 2.45) is 0 Å². The van der Waals surface area contributed by atoms with Crippen molar-refractivity contribution in [2.45, 2.75) is 25.8 Å². The lowest BCUT2D eigenvalue weighted by molar-refractivity contribution is -0.411. The van der Waals surface area contributed by atoms with E-state index in [4.69, 9.17) is 4.74 Å². The first-order valence-corrected chi connectivity index (χ1v) is 8.07. The van der Waals surface area contributed by atoms with Crippen molar-refractivity contribution < 1.29 is 45.3 Å². The summed E-state index contributed by atoms with van der Waals surface area (Å²) in [6.45, 7) is 1.64. The molecule has 0 aliphatic rings. The standard InChI is InChI=1S/C14H10BrF6N3O4/c1-2-26-11(25)10-9(22-24-23-10)6-3-4-8(7(15)5-6)27-13(17,18)12(16)28-14(19,20)21/h3-5,12H,2H2,1H3,(H,22,23,24). The topological polar surface area (TPSA) is 86.3 Å². The lowest BCUT2D eigenvalue weighted by atomic mass is 10.1. The highest BCUT2D eigenvalue weighted by Gasteiger charge is 2.50. The summed E-state index contributed by atoms with van der Waals surface area (Å²) >= 11 is 2.87. The first kappa shape index (κ1) is 21.9. The van der Waals surface area contributed by atoms with E-state index in [1.165, 1.54) is 0 Å². The Kier molecular flexibility index (Phi) is 6.54. The third-order valence-electron chi connectivity index (χ3n) is 2.97. The minimum Gasteiger partial charge on any atom is -0.461 e. The SMILES string of the molecule is CCOC(=O)c1n[nH]nc1-c1ccc(OC(F)(F)C(F)OC(F)(F)F)c(Br)c1. The van der Waals surface area contributed by atoms with Crippen molar-refractivity contribution in [3.8, 4) is 17.0 Å². The van der Waals surface area contributed by atoms with E-state index in [9.17, 15) is 31.1 Å². The second kappa shape index (κ2) is 8.34. The van der Waals surface area contributed by atoms with Gasteiger partial charge in [-0.2, -0.15) is 19.1 Å². The summed E-state index contributed by atoms with van der Waals surface area (Å²) in [5.41, 5.74) is 0.0269. The van der Waals surface area contributed by atoms with Crippen LogP contribution in [0.1, 0.15) is 17.4 Å². The minimum atomic E-state index is -5.62. The van der Waals surface area contributed by atoms with E-state index in [-0.39, 0.29) is 28.0 Å². The van der Waals surface area contributed by atoms with Gasteiger partial charge in [-0.25, -0.2) is 13.9 Å². The molecule has 0 radical (unpaired) electrons. The summed E-state index contributed by atoms with van der Waals surface area (Å²) in [6, 6.07) is 3.20. The van der Waals surface area contributed by atoms with Gasteiger partial charge in [0.1, 0.15) is 11.4 Å². The molecular formula is C14H10BrF6N3O4. The smallest absolute Gasteiger partial charge is 0.461 e. The van der Waals surface area contributed by atoms with Gasteiger partial charge in [-0.05, 0) is 41.1 Å². The second-order valence-electron chi connectivity index (χ2n) is 4.93. The summed E-state index contributed by atoms with van der Waals surface area (Å²) in [4.78, 5) is 11.8. The molecule has 0 aliphatic carbocycles. The van der Waals surface area contributed by atoms with Crippen LogP contribution in [0.2, 0.25) is 0 Å². The predicted molar refractivity (Wildman–Crippen MR) is 83.1 cm³/mol. The summed E-state index contributed by atoms with van der Waals surface area (Å²) in [6.07, 6.45) is -14.7. The number of nitrogens with zero attached hydrogens (tertiary/aromatic N) is 2. The molecule has 0 fully saturated rings. The minimum absolute atomic E-state index is 0.0150. The molecule has 154 valence electrons. The number of halogens is 7. The Balaban J connectivity index is 2.24. The second-order valence-corrected chi connectivity index (χ2v) is 5.78. The molecule has 7 nitrogen and oxygen atoms in total. The molecule has 0 saturated heterocycles. The maximum Gasteiger partial charge on any atom is 0.525 e. The van der Waals surface area contributed by atoms with Crippen LogP contribution in [0.4, 0.5) is 26.3 Å². The zero-order chi connectivity index (χ0) is 21.1. The van der Waals surface area contributed by atoms with Crippen LogP contribution in [0.25, 0.3) is 11.3 Å². The Morgan fingerprint density at radius 1 is 1.25 bits per heavy atom. The predicted octanol–water partition coefficient (Wildman–Crippen LogP) is 4.21. The number of rotatable bonds is 7. The molecule has 1 atom stereocenters. The first-order valence-electron chi connectivity index (χ1n) is 7.28. The maximum atomic E-state index is 13.5. The molecule has 1 N–H and O–H groups in total. The molecule has 1 unspecified atom stereocenters. The Morgan fingerprint density at radius 2 is 1.93 bits per heavy atom. The Morgan fingerprint density at radius 3 is 2.50 bits per heavy atom. The molecule has 0 spiro atoms. The van der Waals surface area contributed by atoms with Gasteiger partial charge in [0.2, 0.25) is 0 Å². The Hall–Kier alpha value is -2.35. The normalized spacial score (nSPS) is 13.3. The van der Waals surface area contributed by atoms with Crippen LogP contribution in [-0.4, -0.2) is 46.8 Å². The number of nitrogens with one attached hydrogen (secondary N) is 1. The van der Waals surface area contributed by atoms with Gasteiger partial charge < -0.3 is 9.47 Å². The van der Waals surface area contributed by atoms with Gasteiger partial charge >= 0.3 is 24.8 Å². The van der Waals surface area contributed by atoms with Crippen LogP contribution in [0, 0.1) is 0 Å². The van der Waals surface area contributed by atoms with Crippen molar-refractivity contribution in [1.82, 2.24) is 15.4 Å². The number of carbonyl (C=O) groups is 1. The number of esters is 1. The molecule has 28 heavy (non-hydrogen) atoms. The zero-order valence-electron chi connectivity index (χ0n) is 13.7. The third-order valence-corrected chi connectivity index (χ3v) is 3.59. The largest absolute Gasteiger partial charge is 0.525 e. The molecular weight excluding hydrogens is 468 g/mol. The summed E-state index contributed by atoms with van der Waals surface area (Å²) < 4.78 is 87.1. The molecule has 14 heteroatoms. The molecule has 2 aromatic rings. The number of H-pyrrole nitrogens is 1. The maximum absolute atomic E-state index is 13.5. The van der Waals surface area contributed by atoms with Gasteiger partial charge in [0.25, 0.3) is 0 Å². The molecule has 1 aromatic heterocycles. The number of benzene rings is 1. The molecule has 0 saturated carbocycles. The monoisotopic (exact) mass is 477 g/mol. The summed E-state index contributed by atoms with van der Waals surface area (Å²) in [5, 5.41) is 9.59. The van der Waals surface area contributed by atoms with Crippen LogP contribution in [0.3, 0.4) is 0 Å².